The van der Waals surface area contributed by atoms with E-state index in [0.717, 1.165) is 0 Å². The highest BCUT2D eigenvalue weighted by Gasteiger charge is 2.38. The van der Waals surface area contributed by atoms with Crippen LogP contribution in [-0.2, 0) is 5.41 Å². The van der Waals surface area contributed by atoms with Crippen molar-refractivity contribution < 1.29 is 0 Å². The van der Waals surface area contributed by atoms with Gasteiger partial charge in [0.2, 0.25) is 0 Å². The van der Waals surface area contributed by atoms with E-state index in [1.54, 1.807) is 0 Å². The van der Waals surface area contributed by atoms with Gasteiger partial charge >= 0.3 is 0 Å². The molecule has 0 nitrogen and oxygen atoms in total. The molecule has 0 fully saturated rings. The Labute approximate surface area is 502 Å². The van der Waals surface area contributed by atoms with Gasteiger partial charge in [-0.2, -0.15) is 0 Å². The van der Waals surface area contributed by atoms with Crippen molar-refractivity contribution >= 4 is 43.1 Å². The SMILES string of the molecule is CC(C)(C)c1ccc2cc3c(-c4ccc(-c5ccccc5)cc4-c4ccccc4)c4c(c(-c5ccccc5)c3cc2c1)-c1ccc2c3c(ccc-4c13)-c1c-2c(-c2ccc(-c3ccccc3)cc2-c2ccccc2)c2ccccc2c1-c1ccccc1. The van der Waals surface area contributed by atoms with E-state index in [-0.39, 0.29) is 5.41 Å². The minimum atomic E-state index is -0.0169. The molecule has 0 aromatic heterocycles. The van der Waals surface area contributed by atoms with Crippen LogP contribution in [0.1, 0.15) is 26.3 Å². The molecule has 0 heterocycles. The molecule has 17 rings (SSSR count). The largest absolute Gasteiger partial charge is 0.0622 e. The first-order valence-electron chi connectivity index (χ1n) is 30.2. The lowest BCUT2D eigenvalue weighted by molar-refractivity contribution is 0.591. The van der Waals surface area contributed by atoms with E-state index >= 15 is 0 Å². The summed E-state index contributed by atoms with van der Waals surface area (Å²) in [5.41, 5.74) is 31.1. The van der Waals surface area contributed by atoms with Crippen molar-refractivity contribution in [2.24, 2.45) is 0 Å². The molecule has 0 spiro atoms. The van der Waals surface area contributed by atoms with Crippen LogP contribution in [0.25, 0.3) is 177 Å². The van der Waals surface area contributed by atoms with Gasteiger partial charge in [0.15, 0.2) is 0 Å². The van der Waals surface area contributed by atoms with E-state index in [1.165, 1.54) is 182 Å². The van der Waals surface area contributed by atoms with Crippen molar-refractivity contribution in [3.63, 3.8) is 0 Å². The third kappa shape index (κ3) is 7.69. The molecule has 0 bridgehead atoms. The summed E-state index contributed by atoms with van der Waals surface area (Å²) < 4.78 is 0. The zero-order valence-electron chi connectivity index (χ0n) is 48.3. The Bertz CT molecular complexity index is 5240. The second-order valence-corrected chi connectivity index (χ2v) is 24.5. The van der Waals surface area contributed by atoms with Gasteiger partial charge in [0.1, 0.15) is 0 Å². The summed E-state index contributed by atoms with van der Waals surface area (Å²) >= 11 is 0. The van der Waals surface area contributed by atoms with Crippen LogP contribution in [0.15, 0.2) is 297 Å². The van der Waals surface area contributed by atoms with Crippen LogP contribution in [-0.4, -0.2) is 0 Å². The molecule has 0 radical (unpaired) electrons. The fourth-order valence-corrected chi connectivity index (χ4v) is 14.8. The van der Waals surface area contributed by atoms with Crippen LogP contribution >= 0.6 is 0 Å². The molecule has 0 amide bonds. The van der Waals surface area contributed by atoms with Crippen LogP contribution in [0.5, 0.6) is 0 Å². The highest BCUT2D eigenvalue weighted by atomic mass is 14.4. The van der Waals surface area contributed by atoms with Crippen molar-refractivity contribution in [1.29, 1.82) is 0 Å². The molecule has 15 aromatic carbocycles. The summed E-state index contributed by atoms with van der Waals surface area (Å²) in [4.78, 5) is 0. The minimum absolute atomic E-state index is 0.0169. The third-order valence-corrected chi connectivity index (χ3v) is 18.7. The fraction of sp³-hybridized carbons (Fsp3) is 0.0465. The van der Waals surface area contributed by atoms with Crippen LogP contribution in [0.2, 0.25) is 0 Å². The van der Waals surface area contributed by atoms with E-state index in [0.29, 0.717) is 0 Å². The first-order valence-corrected chi connectivity index (χ1v) is 30.2. The predicted molar refractivity (Wildman–Crippen MR) is 368 cm³/mol. The highest BCUT2D eigenvalue weighted by Crippen LogP contribution is 2.65. The number of benzene rings is 15. The molecule has 0 saturated carbocycles. The van der Waals surface area contributed by atoms with E-state index in [4.69, 9.17) is 0 Å². The Balaban J connectivity index is 1.03. The number of hydrogen-bond acceptors (Lipinski definition) is 0. The van der Waals surface area contributed by atoms with Crippen LogP contribution in [0.3, 0.4) is 0 Å². The minimum Gasteiger partial charge on any atom is -0.0622 e. The zero-order valence-corrected chi connectivity index (χ0v) is 48.3. The van der Waals surface area contributed by atoms with Crippen LogP contribution in [0.4, 0.5) is 0 Å². The molecule has 86 heavy (non-hydrogen) atoms. The lowest BCUT2D eigenvalue weighted by atomic mass is 9.79. The third-order valence-electron chi connectivity index (χ3n) is 18.7. The summed E-state index contributed by atoms with van der Waals surface area (Å²) in [7, 11) is 0. The normalized spacial score (nSPS) is 12.1. The lowest BCUT2D eigenvalue weighted by Gasteiger charge is -2.24. The molecular weight excluding hydrogens is 1030 g/mol. The average Bonchev–Trinajstić information content (AvgIpc) is 1.52. The maximum Gasteiger partial charge on any atom is -0.000718 e. The van der Waals surface area contributed by atoms with E-state index in [9.17, 15) is 0 Å². The Morgan fingerprint density at radius 2 is 0.512 bits per heavy atom. The topological polar surface area (TPSA) is 0 Å². The Hall–Kier alpha value is -10.7. The fourth-order valence-electron chi connectivity index (χ4n) is 14.8. The van der Waals surface area contributed by atoms with Gasteiger partial charge < -0.3 is 0 Å². The molecule has 0 aliphatic heterocycles. The van der Waals surface area contributed by atoms with Crippen molar-refractivity contribution in [3.05, 3.63) is 303 Å². The monoisotopic (exact) mass is 1090 g/mol. The van der Waals surface area contributed by atoms with Crippen molar-refractivity contribution in [1.82, 2.24) is 0 Å². The maximum atomic E-state index is 2.53. The lowest BCUT2D eigenvalue weighted by Crippen LogP contribution is -2.10. The second kappa shape index (κ2) is 19.5. The molecule has 0 heteroatoms. The van der Waals surface area contributed by atoms with Gasteiger partial charge in [0, 0.05) is 0 Å². The molecule has 0 atom stereocenters. The van der Waals surface area contributed by atoms with Gasteiger partial charge in [-0.05, 0) is 212 Å². The summed E-state index contributed by atoms with van der Waals surface area (Å²) in [6.07, 6.45) is 0. The van der Waals surface area contributed by atoms with Gasteiger partial charge in [-0.1, -0.05) is 294 Å². The Morgan fingerprint density at radius 1 is 0.186 bits per heavy atom. The smallest absolute Gasteiger partial charge is 0.000718 e. The summed E-state index contributed by atoms with van der Waals surface area (Å²) in [5, 5.41) is 10.1. The highest BCUT2D eigenvalue weighted by molar-refractivity contribution is 6.36. The molecule has 402 valence electrons. The standard InChI is InChI=1S/C86H58/c1-86(2,3)63-41-38-61-51-75-74(52-62(61)48-63)77(58-34-20-9-21-35-58)83-69-45-46-70-80-68(44-47-71(81(69)80)85(83)79(75)67-43-40-60(54-26-12-5-13-27-54)50-73(67)56-30-16-7-17-31-56)82-76(57-32-18-8-19-33-57)64-36-22-23-37-65(64)78(84(70)82)66-42-39-59(53-24-10-4-11-25-53)49-72(66)55-28-14-6-15-29-55/h4-52H,1-3H3. The average molecular weight is 1090 g/mol. The molecule has 0 N–H and O–H groups in total. The number of rotatable bonds is 8. The number of hydrogen-bond donors (Lipinski definition) is 0. The van der Waals surface area contributed by atoms with Crippen molar-refractivity contribution in [2.45, 2.75) is 26.2 Å². The maximum absolute atomic E-state index is 2.53. The van der Waals surface area contributed by atoms with Crippen LogP contribution in [0, 0.1) is 0 Å². The quantitative estimate of drug-likeness (QED) is 0.133. The first-order chi connectivity index (χ1) is 42.3. The molecule has 0 saturated heterocycles. The molecule has 0 unspecified atom stereocenters. The van der Waals surface area contributed by atoms with E-state index < -0.39 is 0 Å². The van der Waals surface area contributed by atoms with Crippen molar-refractivity contribution in [3.8, 4) is 134 Å². The van der Waals surface area contributed by atoms with Gasteiger partial charge in [0.05, 0.1) is 0 Å². The summed E-state index contributed by atoms with van der Waals surface area (Å²) in [6, 6.07) is 112. The molecule has 15 aromatic rings. The van der Waals surface area contributed by atoms with Gasteiger partial charge in [-0.3, -0.25) is 0 Å². The zero-order chi connectivity index (χ0) is 57.2. The molecule has 2 aliphatic carbocycles. The second-order valence-electron chi connectivity index (χ2n) is 24.5. The van der Waals surface area contributed by atoms with Gasteiger partial charge in [-0.25, -0.2) is 0 Å². The Kier molecular flexibility index (Phi) is 11.3. The first kappa shape index (κ1) is 49.9. The summed E-state index contributed by atoms with van der Waals surface area (Å²) in [6.45, 7) is 6.97. The predicted octanol–water partition coefficient (Wildman–Crippen LogP) is 24.2. The van der Waals surface area contributed by atoms with E-state index in [2.05, 4.69) is 318 Å². The summed E-state index contributed by atoms with van der Waals surface area (Å²) in [5.74, 6) is 0. The number of fused-ring (bicyclic) bond motifs is 9. The van der Waals surface area contributed by atoms with E-state index in [1.807, 2.05) is 0 Å². The molecular formula is C86H58. The molecule has 2 aliphatic rings. The van der Waals surface area contributed by atoms with Crippen LogP contribution < -0.4 is 0 Å². The van der Waals surface area contributed by atoms with Gasteiger partial charge in [-0.15, -0.1) is 0 Å². The van der Waals surface area contributed by atoms with Crippen molar-refractivity contribution in [2.75, 3.05) is 0 Å². The van der Waals surface area contributed by atoms with Gasteiger partial charge in [0.25, 0.3) is 0 Å². The Morgan fingerprint density at radius 3 is 0.942 bits per heavy atom.